The van der Waals surface area contributed by atoms with Gasteiger partial charge in [0, 0.05) is 6.20 Å². The van der Waals surface area contributed by atoms with Gasteiger partial charge in [-0.3, -0.25) is 5.01 Å². The van der Waals surface area contributed by atoms with E-state index in [0.717, 1.165) is 0 Å². The standard InChI is InChI=1S/C5H7ClN4/c6-5-3-10(8)2-4(7)1-9-5/h1-3H,7-8H2. The summed E-state index contributed by atoms with van der Waals surface area (Å²) in [6.07, 6.45) is 4.41. The first-order valence-corrected chi connectivity index (χ1v) is 2.98. The average molecular weight is 159 g/mol. The van der Waals surface area contributed by atoms with Gasteiger partial charge >= 0.3 is 0 Å². The second-order valence-corrected chi connectivity index (χ2v) is 2.17. The van der Waals surface area contributed by atoms with Crippen molar-refractivity contribution in [2.24, 2.45) is 16.6 Å². The lowest BCUT2D eigenvalue weighted by Gasteiger charge is -2.04. The van der Waals surface area contributed by atoms with Gasteiger partial charge in [0.05, 0.1) is 18.1 Å². The van der Waals surface area contributed by atoms with Crippen LogP contribution in [-0.4, -0.2) is 11.2 Å². The summed E-state index contributed by atoms with van der Waals surface area (Å²) in [6.45, 7) is 0. The van der Waals surface area contributed by atoms with Crippen LogP contribution in [0, 0.1) is 0 Å². The van der Waals surface area contributed by atoms with E-state index in [1.165, 1.54) is 23.6 Å². The van der Waals surface area contributed by atoms with Crippen LogP contribution in [0.2, 0.25) is 0 Å². The summed E-state index contributed by atoms with van der Waals surface area (Å²) in [7, 11) is 0. The van der Waals surface area contributed by atoms with E-state index in [2.05, 4.69) is 4.99 Å². The van der Waals surface area contributed by atoms with Crippen molar-refractivity contribution >= 4 is 17.8 Å². The van der Waals surface area contributed by atoms with Crippen molar-refractivity contribution in [1.29, 1.82) is 0 Å². The minimum absolute atomic E-state index is 0.305. The van der Waals surface area contributed by atoms with Crippen molar-refractivity contribution in [1.82, 2.24) is 5.01 Å². The number of rotatable bonds is 0. The fourth-order valence-corrected chi connectivity index (χ4v) is 0.697. The van der Waals surface area contributed by atoms with Crippen LogP contribution in [-0.2, 0) is 0 Å². The van der Waals surface area contributed by atoms with Crippen molar-refractivity contribution in [2.45, 2.75) is 0 Å². The summed E-state index contributed by atoms with van der Waals surface area (Å²) < 4.78 is 0. The van der Waals surface area contributed by atoms with Gasteiger partial charge in [0.15, 0.2) is 0 Å². The molecule has 0 spiro atoms. The van der Waals surface area contributed by atoms with Crippen molar-refractivity contribution in [3.05, 3.63) is 23.3 Å². The lowest BCUT2D eigenvalue weighted by molar-refractivity contribution is 0.536. The molecule has 0 aromatic carbocycles. The first kappa shape index (κ1) is 7.11. The van der Waals surface area contributed by atoms with Crippen LogP contribution >= 0.6 is 11.6 Å². The van der Waals surface area contributed by atoms with E-state index in [0.29, 0.717) is 10.9 Å². The molecule has 1 aliphatic heterocycles. The maximum Gasteiger partial charge on any atom is 0.146 e. The van der Waals surface area contributed by atoms with Crippen LogP contribution in [0.5, 0.6) is 0 Å². The van der Waals surface area contributed by atoms with Crippen LogP contribution in [0.15, 0.2) is 28.2 Å². The van der Waals surface area contributed by atoms with Crippen LogP contribution in [0.25, 0.3) is 0 Å². The fourth-order valence-electron chi connectivity index (χ4n) is 0.535. The van der Waals surface area contributed by atoms with Gasteiger partial charge in [0.2, 0.25) is 0 Å². The summed E-state index contributed by atoms with van der Waals surface area (Å²) in [5, 5.41) is 1.56. The van der Waals surface area contributed by atoms with Gasteiger partial charge < -0.3 is 5.73 Å². The van der Waals surface area contributed by atoms with Gasteiger partial charge in [-0.15, -0.1) is 0 Å². The minimum Gasteiger partial charge on any atom is -0.396 e. The molecule has 1 rings (SSSR count). The Labute approximate surface area is 63.4 Å². The first-order valence-electron chi connectivity index (χ1n) is 2.60. The summed E-state index contributed by atoms with van der Waals surface area (Å²) >= 11 is 5.53. The number of halogens is 1. The number of hydrogen-bond acceptors (Lipinski definition) is 4. The lowest BCUT2D eigenvalue weighted by Crippen LogP contribution is -2.19. The molecule has 5 heteroatoms. The van der Waals surface area contributed by atoms with E-state index in [4.69, 9.17) is 23.2 Å². The minimum atomic E-state index is 0.305. The smallest absolute Gasteiger partial charge is 0.146 e. The number of hydrazine groups is 1. The summed E-state index contributed by atoms with van der Waals surface area (Å²) in [5.41, 5.74) is 5.85. The van der Waals surface area contributed by atoms with E-state index >= 15 is 0 Å². The van der Waals surface area contributed by atoms with E-state index < -0.39 is 0 Å². The molecule has 1 aliphatic rings. The maximum absolute atomic E-state index is 5.53. The molecule has 0 bridgehead atoms. The third kappa shape index (κ3) is 1.75. The molecule has 0 aromatic heterocycles. The molecule has 10 heavy (non-hydrogen) atoms. The zero-order valence-corrected chi connectivity index (χ0v) is 5.92. The summed E-state index contributed by atoms with van der Waals surface area (Å²) in [5.74, 6) is 5.35. The van der Waals surface area contributed by atoms with Crippen molar-refractivity contribution in [3.63, 3.8) is 0 Å². The molecular weight excluding hydrogens is 152 g/mol. The van der Waals surface area contributed by atoms with Crippen LogP contribution in [0.1, 0.15) is 0 Å². The van der Waals surface area contributed by atoms with Crippen molar-refractivity contribution in [2.75, 3.05) is 0 Å². The second-order valence-electron chi connectivity index (χ2n) is 1.79. The SMILES string of the molecule is NC1=CN(N)C=C(Cl)N=C1. The molecule has 0 amide bonds. The van der Waals surface area contributed by atoms with Gasteiger partial charge in [-0.2, -0.15) is 0 Å². The number of aliphatic imine (C=N–C) groups is 1. The molecule has 0 atom stereocenters. The molecule has 0 unspecified atom stereocenters. The van der Waals surface area contributed by atoms with Gasteiger partial charge in [-0.1, -0.05) is 11.6 Å². The predicted molar refractivity (Wildman–Crippen MR) is 40.7 cm³/mol. The molecule has 0 aliphatic carbocycles. The van der Waals surface area contributed by atoms with Crippen LogP contribution in [0.3, 0.4) is 0 Å². The van der Waals surface area contributed by atoms with Gasteiger partial charge in [-0.05, 0) is 0 Å². The number of nitrogens with zero attached hydrogens (tertiary/aromatic N) is 2. The number of allylic oxidation sites excluding steroid dienone is 1. The fraction of sp³-hybridized carbons (Fsp3) is 0. The van der Waals surface area contributed by atoms with Gasteiger partial charge in [0.1, 0.15) is 5.16 Å². The molecule has 0 aromatic rings. The lowest BCUT2D eigenvalue weighted by atomic mass is 10.5. The Morgan fingerprint density at radius 2 is 2.20 bits per heavy atom. The second kappa shape index (κ2) is 2.72. The third-order valence-corrected chi connectivity index (χ3v) is 1.09. The quantitative estimate of drug-likeness (QED) is 0.388. The molecule has 54 valence electrons. The summed E-state index contributed by atoms with van der Waals surface area (Å²) in [6, 6.07) is 0. The number of hydrogen-bond donors (Lipinski definition) is 2. The highest BCUT2D eigenvalue weighted by Gasteiger charge is 1.96. The molecule has 4 N–H and O–H groups in total. The molecule has 0 saturated carbocycles. The highest BCUT2D eigenvalue weighted by atomic mass is 35.5. The zero-order chi connectivity index (χ0) is 7.56. The van der Waals surface area contributed by atoms with Crippen molar-refractivity contribution < 1.29 is 0 Å². The number of nitrogens with two attached hydrogens (primary N) is 2. The van der Waals surface area contributed by atoms with Crippen LogP contribution < -0.4 is 11.6 Å². The Balaban J connectivity index is 2.87. The maximum atomic E-state index is 5.53. The average Bonchev–Trinajstić information content (AvgIpc) is 1.93. The Morgan fingerprint density at radius 3 is 2.90 bits per heavy atom. The Hall–Kier alpha value is -1.00. The van der Waals surface area contributed by atoms with Crippen LogP contribution in [0.4, 0.5) is 0 Å². The normalized spacial score (nSPS) is 18.0. The van der Waals surface area contributed by atoms with Gasteiger partial charge in [-0.25, -0.2) is 10.8 Å². The first-order chi connectivity index (χ1) is 4.68. The summed E-state index contributed by atoms with van der Waals surface area (Å²) in [4.78, 5) is 3.74. The Kier molecular flexibility index (Phi) is 1.94. The predicted octanol–water partition coefficient (Wildman–Crippen LogP) is 0.0843. The monoisotopic (exact) mass is 158 g/mol. The molecule has 0 fully saturated rings. The molecule has 4 nitrogen and oxygen atoms in total. The van der Waals surface area contributed by atoms with Gasteiger partial charge in [0.25, 0.3) is 0 Å². The van der Waals surface area contributed by atoms with E-state index in [1.54, 1.807) is 0 Å². The highest BCUT2D eigenvalue weighted by Crippen LogP contribution is 2.06. The van der Waals surface area contributed by atoms with E-state index in [1.807, 2.05) is 0 Å². The molecule has 0 radical (unpaired) electrons. The topological polar surface area (TPSA) is 67.6 Å². The molecule has 1 heterocycles. The third-order valence-electron chi connectivity index (χ3n) is 0.891. The molecule has 0 saturated heterocycles. The zero-order valence-electron chi connectivity index (χ0n) is 5.16. The Bertz CT molecular complexity index is 196. The molecular formula is C5H7ClN4. The largest absolute Gasteiger partial charge is 0.396 e. The van der Waals surface area contributed by atoms with Crippen molar-refractivity contribution in [3.8, 4) is 0 Å². The van der Waals surface area contributed by atoms with E-state index in [-0.39, 0.29) is 0 Å². The highest BCUT2D eigenvalue weighted by molar-refractivity contribution is 6.29. The van der Waals surface area contributed by atoms with E-state index in [9.17, 15) is 0 Å². The Morgan fingerprint density at radius 1 is 1.50 bits per heavy atom.